The monoisotopic (exact) mass is 343 g/mol. The highest BCUT2D eigenvalue weighted by Gasteiger charge is 2.33. The predicted molar refractivity (Wildman–Crippen MR) is 82.2 cm³/mol. The maximum absolute atomic E-state index is 12.9. The lowest BCUT2D eigenvalue weighted by Crippen LogP contribution is -2.48. The zero-order valence-corrected chi connectivity index (χ0v) is 13.2. The fourth-order valence-corrected chi connectivity index (χ4v) is 2.60. The standard InChI is InChI=1S/C16H20F3N3O2/c17-16(18,19)13-5-2-1-4-12(13)10-14(23)20-6-3-8-22-9-7-21-15(24)11-22/h1-2,4-5H,3,6-11H2,(H,20,23)(H,21,24). The number of carbonyl (C=O) groups is 2. The van der Waals surface area contributed by atoms with E-state index in [0.717, 1.165) is 12.6 Å². The van der Waals surface area contributed by atoms with Crippen molar-refractivity contribution in [2.75, 3.05) is 32.7 Å². The van der Waals surface area contributed by atoms with Crippen LogP contribution in [0, 0.1) is 0 Å². The largest absolute Gasteiger partial charge is 0.416 e. The second kappa shape index (κ2) is 8.14. The number of nitrogens with one attached hydrogen (secondary N) is 2. The molecule has 24 heavy (non-hydrogen) atoms. The number of amides is 2. The molecule has 132 valence electrons. The van der Waals surface area contributed by atoms with Crippen LogP contribution >= 0.6 is 0 Å². The molecule has 1 aliphatic heterocycles. The van der Waals surface area contributed by atoms with Crippen molar-refractivity contribution in [3.63, 3.8) is 0 Å². The van der Waals surface area contributed by atoms with Crippen molar-refractivity contribution in [1.82, 2.24) is 15.5 Å². The summed E-state index contributed by atoms with van der Waals surface area (Å²) >= 11 is 0. The minimum absolute atomic E-state index is 0.0194. The Labute approximate surface area is 138 Å². The van der Waals surface area contributed by atoms with E-state index >= 15 is 0 Å². The first-order valence-electron chi connectivity index (χ1n) is 7.77. The number of carbonyl (C=O) groups excluding carboxylic acids is 2. The predicted octanol–water partition coefficient (Wildman–Crippen LogP) is 1.19. The van der Waals surface area contributed by atoms with Gasteiger partial charge in [0.1, 0.15) is 0 Å². The molecule has 0 radical (unpaired) electrons. The normalized spacial score (nSPS) is 15.9. The van der Waals surface area contributed by atoms with Crippen molar-refractivity contribution in [2.45, 2.75) is 19.0 Å². The van der Waals surface area contributed by atoms with Gasteiger partial charge in [0, 0.05) is 26.2 Å². The minimum atomic E-state index is -4.47. The lowest BCUT2D eigenvalue weighted by Gasteiger charge is -2.26. The zero-order valence-electron chi connectivity index (χ0n) is 13.2. The van der Waals surface area contributed by atoms with Crippen molar-refractivity contribution >= 4 is 11.8 Å². The van der Waals surface area contributed by atoms with Gasteiger partial charge in [-0.05, 0) is 18.1 Å². The summed E-state index contributed by atoms with van der Waals surface area (Å²) in [5.41, 5.74) is -0.810. The number of benzene rings is 1. The average Bonchev–Trinajstić information content (AvgIpc) is 2.51. The van der Waals surface area contributed by atoms with Crippen molar-refractivity contribution in [3.05, 3.63) is 35.4 Å². The van der Waals surface area contributed by atoms with Gasteiger partial charge in [-0.2, -0.15) is 13.2 Å². The van der Waals surface area contributed by atoms with Crippen LogP contribution in [0.2, 0.25) is 0 Å². The number of nitrogens with zero attached hydrogens (tertiary/aromatic N) is 1. The Kier molecular flexibility index (Phi) is 6.19. The van der Waals surface area contributed by atoms with E-state index in [2.05, 4.69) is 10.6 Å². The molecular weight excluding hydrogens is 323 g/mol. The summed E-state index contributed by atoms with van der Waals surface area (Å²) in [4.78, 5) is 25.0. The van der Waals surface area contributed by atoms with Gasteiger partial charge in [0.15, 0.2) is 0 Å². The SMILES string of the molecule is O=C(Cc1ccccc1C(F)(F)F)NCCCN1CCNC(=O)C1. The molecule has 0 aromatic heterocycles. The minimum Gasteiger partial charge on any atom is -0.356 e. The Morgan fingerprint density at radius 1 is 1.29 bits per heavy atom. The van der Waals surface area contributed by atoms with Crippen molar-refractivity contribution in [2.24, 2.45) is 0 Å². The second-order valence-electron chi connectivity index (χ2n) is 5.66. The zero-order chi connectivity index (χ0) is 17.6. The van der Waals surface area contributed by atoms with Gasteiger partial charge in [-0.25, -0.2) is 0 Å². The summed E-state index contributed by atoms with van der Waals surface area (Å²) < 4.78 is 38.6. The van der Waals surface area contributed by atoms with Crippen LogP contribution in [-0.2, 0) is 22.2 Å². The molecule has 8 heteroatoms. The lowest BCUT2D eigenvalue weighted by molar-refractivity contribution is -0.138. The molecule has 0 aliphatic carbocycles. The molecule has 1 heterocycles. The molecular formula is C16H20F3N3O2. The number of halogens is 3. The van der Waals surface area contributed by atoms with E-state index < -0.39 is 17.6 Å². The molecule has 0 spiro atoms. The third kappa shape index (κ3) is 5.52. The average molecular weight is 343 g/mol. The smallest absolute Gasteiger partial charge is 0.356 e. The molecule has 2 N–H and O–H groups in total. The topological polar surface area (TPSA) is 61.4 Å². The highest BCUT2D eigenvalue weighted by molar-refractivity contribution is 5.79. The fourth-order valence-electron chi connectivity index (χ4n) is 2.60. The number of hydrogen-bond acceptors (Lipinski definition) is 3. The number of rotatable bonds is 6. The van der Waals surface area contributed by atoms with Crippen molar-refractivity contribution in [3.8, 4) is 0 Å². The molecule has 0 atom stereocenters. The summed E-state index contributed by atoms with van der Waals surface area (Å²) in [7, 11) is 0. The highest BCUT2D eigenvalue weighted by atomic mass is 19.4. The fraction of sp³-hybridized carbons (Fsp3) is 0.500. The summed E-state index contributed by atoms with van der Waals surface area (Å²) in [5, 5.41) is 5.35. The van der Waals surface area contributed by atoms with E-state index in [4.69, 9.17) is 0 Å². The van der Waals surface area contributed by atoms with E-state index in [9.17, 15) is 22.8 Å². The van der Waals surface area contributed by atoms with E-state index in [-0.39, 0.29) is 17.9 Å². The van der Waals surface area contributed by atoms with E-state index in [1.165, 1.54) is 18.2 Å². The summed E-state index contributed by atoms with van der Waals surface area (Å²) in [6.45, 7) is 2.74. The molecule has 0 bridgehead atoms. The second-order valence-corrected chi connectivity index (χ2v) is 5.66. The molecule has 0 saturated carbocycles. The van der Waals surface area contributed by atoms with Gasteiger partial charge in [0.05, 0.1) is 18.5 Å². The van der Waals surface area contributed by atoms with Crippen LogP contribution in [0.5, 0.6) is 0 Å². The van der Waals surface area contributed by atoms with Crippen LogP contribution in [-0.4, -0.2) is 49.4 Å². The Morgan fingerprint density at radius 3 is 2.75 bits per heavy atom. The molecule has 1 aromatic rings. The molecule has 2 rings (SSSR count). The van der Waals surface area contributed by atoms with Gasteiger partial charge >= 0.3 is 6.18 Å². The molecule has 0 unspecified atom stereocenters. The van der Waals surface area contributed by atoms with Crippen LogP contribution in [0.3, 0.4) is 0 Å². The van der Waals surface area contributed by atoms with Crippen LogP contribution in [0.1, 0.15) is 17.5 Å². The van der Waals surface area contributed by atoms with Crippen LogP contribution in [0.15, 0.2) is 24.3 Å². The molecule has 1 aliphatic rings. The van der Waals surface area contributed by atoms with Gasteiger partial charge in [-0.15, -0.1) is 0 Å². The van der Waals surface area contributed by atoms with Gasteiger partial charge in [-0.3, -0.25) is 14.5 Å². The Hall–Kier alpha value is -2.09. The first-order chi connectivity index (χ1) is 11.4. The third-order valence-corrected chi connectivity index (χ3v) is 3.76. The van der Waals surface area contributed by atoms with Gasteiger partial charge in [0.2, 0.25) is 11.8 Å². The van der Waals surface area contributed by atoms with Gasteiger partial charge in [-0.1, -0.05) is 18.2 Å². The molecule has 1 saturated heterocycles. The van der Waals surface area contributed by atoms with Crippen LogP contribution in [0.4, 0.5) is 13.2 Å². The van der Waals surface area contributed by atoms with Crippen LogP contribution < -0.4 is 10.6 Å². The highest BCUT2D eigenvalue weighted by Crippen LogP contribution is 2.31. The summed E-state index contributed by atoms with van der Waals surface area (Å²) in [6.07, 6.45) is -4.13. The maximum atomic E-state index is 12.9. The Balaban J connectivity index is 1.75. The number of hydrogen-bond donors (Lipinski definition) is 2. The van der Waals surface area contributed by atoms with Crippen molar-refractivity contribution in [1.29, 1.82) is 0 Å². The molecule has 1 aromatic carbocycles. The first-order valence-corrected chi connectivity index (χ1v) is 7.77. The Morgan fingerprint density at radius 2 is 2.04 bits per heavy atom. The van der Waals surface area contributed by atoms with Gasteiger partial charge in [0.25, 0.3) is 0 Å². The number of piperazine rings is 1. The van der Waals surface area contributed by atoms with Crippen LogP contribution in [0.25, 0.3) is 0 Å². The van der Waals surface area contributed by atoms with E-state index in [1.807, 2.05) is 4.90 Å². The van der Waals surface area contributed by atoms with E-state index in [1.54, 1.807) is 0 Å². The number of alkyl halides is 3. The third-order valence-electron chi connectivity index (χ3n) is 3.76. The molecule has 5 nitrogen and oxygen atoms in total. The summed E-state index contributed by atoms with van der Waals surface area (Å²) in [5.74, 6) is -0.461. The molecule has 2 amide bonds. The van der Waals surface area contributed by atoms with E-state index in [0.29, 0.717) is 32.6 Å². The van der Waals surface area contributed by atoms with Gasteiger partial charge < -0.3 is 10.6 Å². The van der Waals surface area contributed by atoms with Crippen molar-refractivity contribution < 1.29 is 22.8 Å². The first kappa shape index (κ1) is 18.3. The quantitative estimate of drug-likeness (QED) is 0.763. The maximum Gasteiger partial charge on any atom is 0.416 e. The molecule has 1 fully saturated rings. The lowest BCUT2D eigenvalue weighted by atomic mass is 10.0. The summed E-state index contributed by atoms with van der Waals surface area (Å²) in [6, 6.07) is 5.08. The Bertz CT molecular complexity index is 590.